The minimum Gasteiger partial charge on any atom is -0.447 e. The van der Waals surface area contributed by atoms with Crippen LogP contribution in [0.5, 0.6) is 0 Å². The summed E-state index contributed by atoms with van der Waals surface area (Å²) in [5, 5.41) is 5.50. The molecule has 0 atom stereocenters. The van der Waals surface area contributed by atoms with Gasteiger partial charge in [0.2, 0.25) is 0 Å². The normalized spacial score (nSPS) is 10.1. The molecule has 16 heavy (non-hydrogen) atoms. The number of carbonyl (C=O) groups excluding carboxylic acids is 1. The molecule has 0 fully saturated rings. The van der Waals surface area contributed by atoms with Crippen LogP contribution >= 0.6 is 0 Å². The average molecular weight is 234 g/mol. The van der Waals surface area contributed by atoms with Gasteiger partial charge in [0, 0.05) is 13.1 Å². The largest absolute Gasteiger partial charge is 0.447 e. The van der Waals surface area contributed by atoms with Crippen molar-refractivity contribution in [2.45, 2.75) is 6.92 Å². The van der Waals surface area contributed by atoms with E-state index in [1.807, 2.05) is 14.0 Å². The first-order chi connectivity index (χ1) is 7.81. The number of amides is 1. The number of likely N-dealkylation sites (N-methyl/N-ethyl adjacent to an activating group) is 1. The molecule has 0 aromatic rings. The van der Waals surface area contributed by atoms with Crippen LogP contribution in [0.4, 0.5) is 4.79 Å². The van der Waals surface area contributed by atoms with Crippen LogP contribution in [0.25, 0.3) is 0 Å². The van der Waals surface area contributed by atoms with Gasteiger partial charge in [-0.05, 0) is 14.0 Å². The Morgan fingerprint density at radius 1 is 1.06 bits per heavy atom. The van der Waals surface area contributed by atoms with E-state index in [2.05, 4.69) is 10.6 Å². The summed E-state index contributed by atoms with van der Waals surface area (Å²) in [5.74, 6) is 0. The fourth-order valence-corrected chi connectivity index (χ4v) is 0.885. The number of ether oxygens (including phenoxy) is 3. The molecular weight excluding hydrogens is 212 g/mol. The van der Waals surface area contributed by atoms with Crippen molar-refractivity contribution in [3.8, 4) is 0 Å². The van der Waals surface area contributed by atoms with Gasteiger partial charge in [-0.15, -0.1) is 0 Å². The van der Waals surface area contributed by atoms with Gasteiger partial charge in [0.25, 0.3) is 0 Å². The van der Waals surface area contributed by atoms with Crippen LogP contribution < -0.4 is 10.6 Å². The van der Waals surface area contributed by atoms with Gasteiger partial charge in [-0.25, -0.2) is 4.79 Å². The molecule has 0 aromatic heterocycles. The average Bonchev–Trinajstić information content (AvgIpc) is 2.27. The number of hydrogen-bond donors (Lipinski definition) is 2. The predicted octanol–water partition coefficient (Wildman–Crippen LogP) is -0.0149. The van der Waals surface area contributed by atoms with Crippen LogP contribution in [0.15, 0.2) is 0 Å². The van der Waals surface area contributed by atoms with Crippen molar-refractivity contribution in [1.82, 2.24) is 10.6 Å². The highest BCUT2D eigenvalue weighted by atomic mass is 16.6. The maximum absolute atomic E-state index is 10.8. The summed E-state index contributed by atoms with van der Waals surface area (Å²) >= 11 is 0. The van der Waals surface area contributed by atoms with Crippen molar-refractivity contribution in [1.29, 1.82) is 0 Å². The quantitative estimate of drug-likeness (QED) is 0.520. The van der Waals surface area contributed by atoms with E-state index in [9.17, 15) is 4.79 Å². The first-order valence-electron chi connectivity index (χ1n) is 5.52. The number of rotatable bonds is 10. The Bertz CT molecular complexity index is 167. The molecule has 0 saturated heterocycles. The molecular formula is C10H22N2O4. The zero-order chi connectivity index (χ0) is 12.1. The van der Waals surface area contributed by atoms with Gasteiger partial charge in [-0.1, -0.05) is 0 Å². The molecule has 6 heteroatoms. The van der Waals surface area contributed by atoms with Crippen molar-refractivity contribution in [2.24, 2.45) is 0 Å². The second-order valence-electron chi connectivity index (χ2n) is 2.99. The Kier molecular flexibility index (Phi) is 11.6. The van der Waals surface area contributed by atoms with Crippen LogP contribution in [0.3, 0.4) is 0 Å². The van der Waals surface area contributed by atoms with Gasteiger partial charge in [-0.3, -0.25) is 0 Å². The zero-order valence-corrected chi connectivity index (χ0v) is 10.1. The highest BCUT2D eigenvalue weighted by Gasteiger charge is 1.97. The zero-order valence-electron chi connectivity index (χ0n) is 10.1. The van der Waals surface area contributed by atoms with E-state index in [-0.39, 0.29) is 6.61 Å². The van der Waals surface area contributed by atoms with Crippen molar-refractivity contribution in [3.05, 3.63) is 0 Å². The van der Waals surface area contributed by atoms with Gasteiger partial charge < -0.3 is 24.8 Å². The van der Waals surface area contributed by atoms with Gasteiger partial charge in [0.1, 0.15) is 6.61 Å². The lowest BCUT2D eigenvalue weighted by Crippen LogP contribution is -2.25. The Hall–Kier alpha value is -0.850. The van der Waals surface area contributed by atoms with Crippen molar-refractivity contribution >= 4 is 6.09 Å². The predicted molar refractivity (Wildman–Crippen MR) is 60.6 cm³/mol. The van der Waals surface area contributed by atoms with E-state index in [0.29, 0.717) is 33.0 Å². The van der Waals surface area contributed by atoms with Gasteiger partial charge in [-0.2, -0.15) is 0 Å². The monoisotopic (exact) mass is 234 g/mol. The fraction of sp³-hybridized carbons (Fsp3) is 0.900. The lowest BCUT2D eigenvalue weighted by atomic mass is 10.6. The lowest BCUT2D eigenvalue weighted by molar-refractivity contribution is 0.0292. The molecule has 2 N–H and O–H groups in total. The van der Waals surface area contributed by atoms with E-state index >= 15 is 0 Å². The lowest BCUT2D eigenvalue weighted by Gasteiger charge is -2.07. The Balaban J connectivity index is 3.01. The van der Waals surface area contributed by atoms with Crippen LogP contribution in [0.2, 0.25) is 0 Å². The summed E-state index contributed by atoms with van der Waals surface area (Å²) in [7, 11) is 1.87. The van der Waals surface area contributed by atoms with Gasteiger partial charge >= 0.3 is 6.09 Å². The molecule has 0 unspecified atom stereocenters. The van der Waals surface area contributed by atoms with Gasteiger partial charge in [0.15, 0.2) is 0 Å². The molecule has 1 amide bonds. The molecule has 0 spiro atoms. The van der Waals surface area contributed by atoms with Crippen molar-refractivity contribution < 1.29 is 19.0 Å². The maximum Gasteiger partial charge on any atom is 0.407 e. The molecule has 0 aliphatic rings. The summed E-state index contributed by atoms with van der Waals surface area (Å²) in [6.07, 6.45) is -0.406. The number of carbonyl (C=O) groups is 1. The van der Waals surface area contributed by atoms with Crippen molar-refractivity contribution in [2.75, 3.05) is 53.2 Å². The Morgan fingerprint density at radius 3 is 2.31 bits per heavy atom. The third-order valence-electron chi connectivity index (χ3n) is 1.65. The highest BCUT2D eigenvalue weighted by molar-refractivity contribution is 5.66. The molecule has 0 aliphatic heterocycles. The summed E-state index contributed by atoms with van der Waals surface area (Å²) in [5.41, 5.74) is 0. The van der Waals surface area contributed by atoms with Crippen molar-refractivity contribution in [3.63, 3.8) is 0 Å². The van der Waals surface area contributed by atoms with Crippen LogP contribution in [0.1, 0.15) is 6.92 Å². The van der Waals surface area contributed by atoms with E-state index in [0.717, 1.165) is 6.54 Å². The topological polar surface area (TPSA) is 68.8 Å². The van der Waals surface area contributed by atoms with Gasteiger partial charge in [0.05, 0.1) is 26.4 Å². The first-order valence-corrected chi connectivity index (χ1v) is 5.52. The molecule has 6 nitrogen and oxygen atoms in total. The molecule has 0 bridgehead atoms. The third kappa shape index (κ3) is 11.2. The minimum absolute atomic E-state index is 0.266. The molecule has 0 radical (unpaired) electrons. The maximum atomic E-state index is 10.8. The number of alkyl carbamates (subject to hydrolysis) is 1. The number of nitrogens with one attached hydrogen (secondary N) is 2. The summed E-state index contributed by atoms with van der Waals surface area (Å²) in [6.45, 7) is 5.65. The summed E-state index contributed by atoms with van der Waals surface area (Å²) in [4.78, 5) is 10.8. The Labute approximate surface area is 96.6 Å². The van der Waals surface area contributed by atoms with Crippen LogP contribution in [-0.2, 0) is 14.2 Å². The SMILES string of the molecule is CCNC(=O)OCCOCCOCCNC. The summed E-state index contributed by atoms with van der Waals surface area (Å²) in [6, 6.07) is 0. The van der Waals surface area contributed by atoms with E-state index in [4.69, 9.17) is 14.2 Å². The third-order valence-corrected chi connectivity index (χ3v) is 1.65. The van der Waals surface area contributed by atoms with Crippen LogP contribution in [0, 0.1) is 0 Å². The molecule has 0 heterocycles. The second kappa shape index (κ2) is 12.2. The molecule has 0 saturated carbocycles. The second-order valence-corrected chi connectivity index (χ2v) is 2.99. The number of hydrogen-bond acceptors (Lipinski definition) is 5. The van der Waals surface area contributed by atoms with Crippen LogP contribution in [-0.4, -0.2) is 59.3 Å². The van der Waals surface area contributed by atoms with E-state index in [1.165, 1.54) is 0 Å². The van der Waals surface area contributed by atoms with E-state index < -0.39 is 6.09 Å². The molecule has 0 aliphatic carbocycles. The molecule has 0 aromatic carbocycles. The fourth-order valence-electron chi connectivity index (χ4n) is 0.885. The minimum atomic E-state index is -0.406. The Morgan fingerprint density at radius 2 is 1.69 bits per heavy atom. The smallest absolute Gasteiger partial charge is 0.407 e. The highest BCUT2D eigenvalue weighted by Crippen LogP contribution is 1.81. The molecule has 96 valence electrons. The standard InChI is InChI=1S/C10H22N2O4/c1-3-12-10(13)16-9-8-15-7-6-14-5-4-11-2/h11H,3-9H2,1-2H3,(H,12,13). The molecule has 0 rings (SSSR count). The summed E-state index contributed by atoms with van der Waals surface area (Å²) < 4.78 is 15.2. The van der Waals surface area contributed by atoms with E-state index in [1.54, 1.807) is 0 Å². The first kappa shape index (κ1) is 15.2.